The number of rotatable bonds is 2. The summed E-state index contributed by atoms with van der Waals surface area (Å²) in [7, 11) is -3.34. The first-order chi connectivity index (χ1) is 9.86. The molecule has 0 amide bonds. The monoisotopic (exact) mass is 304 g/mol. The molecule has 108 valence electrons. The Labute approximate surface area is 122 Å². The largest absolute Gasteiger partial charge is 0.294 e. The summed E-state index contributed by atoms with van der Waals surface area (Å²) in [5, 5.41) is 0. The second kappa shape index (κ2) is 4.77. The van der Waals surface area contributed by atoms with Gasteiger partial charge in [-0.15, -0.1) is 0 Å². The molecule has 1 atom stereocenters. The first-order valence-electron chi connectivity index (χ1n) is 6.49. The second-order valence-corrected chi connectivity index (χ2v) is 7.27. The highest BCUT2D eigenvalue weighted by molar-refractivity contribution is 7.90. The number of fused-ring (bicyclic) bond motifs is 1. The molecule has 0 heterocycles. The van der Waals surface area contributed by atoms with Crippen molar-refractivity contribution in [1.82, 2.24) is 0 Å². The SMILES string of the molecule is CS(=O)(=O)c1ccc2c(c1)C(=O)C[C@@H]2c1ccc(F)cc1. The lowest BCUT2D eigenvalue weighted by atomic mass is 9.93. The van der Waals surface area contributed by atoms with Crippen LogP contribution in [0.2, 0.25) is 0 Å². The first-order valence-corrected chi connectivity index (χ1v) is 8.38. The van der Waals surface area contributed by atoms with Crippen LogP contribution < -0.4 is 0 Å². The highest BCUT2D eigenvalue weighted by Gasteiger charge is 2.31. The highest BCUT2D eigenvalue weighted by Crippen LogP contribution is 2.38. The molecule has 5 heteroatoms. The molecule has 21 heavy (non-hydrogen) atoms. The lowest BCUT2D eigenvalue weighted by Gasteiger charge is -2.11. The maximum atomic E-state index is 13.0. The summed E-state index contributed by atoms with van der Waals surface area (Å²) in [5.74, 6) is -0.540. The van der Waals surface area contributed by atoms with Gasteiger partial charge < -0.3 is 0 Å². The molecule has 0 unspecified atom stereocenters. The van der Waals surface area contributed by atoms with Gasteiger partial charge in [-0.1, -0.05) is 18.2 Å². The van der Waals surface area contributed by atoms with E-state index in [-0.39, 0.29) is 28.8 Å². The van der Waals surface area contributed by atoms with Crippen LogP contribution in [0, 0.1) is 5.82 Å². The maximum Gasteiger partial charge on any atom is 0.175 e. The van der Waals surface area contributed by atoms with Crippen LogP contribution in [0.4, 0.5) is 4.39 Å². The van der Waals surface area contributed by atoms with Gasteiger partial charge in [-0.3, -0.25) is 4.79 Å². The molecule has 2 aromatic rings. The minimum Gasteiger partial charge on any atom is -0.294 e. The maximum absolute atomic E-state index is 13.0. The summed E-state index contributed by atoms with van der Waals surface area (Å²) in [6, 6.07) is 10.7. The first kappa shape index (κ1) is 13.9. The predicted molar refractivity (Wildman–Crippen MR) is 76.7 cm³/mol. The van der Waals surface area contributed by atoms with Gasteiger partial charge >= 0.3 is 0 Å². The summed E-state index contributed by atoms with van der Waals surface area (Å²) in [5.41, 5.74) is 2.11. The Morgan fingerprint density at radius 2 is 1.76 bits per heavy atom. The van der Waals surface area contributed by atoms with E-state index in [4.69, 9.17) is 0 Å². The van der Waals surface area contributed by atoms with Crippen LogP contribution in [0.5, 0.6) is 0 Å². The molecule has 0 saturated carbocycles. The Kier molecular flexibility index (Phi) is 3.17. The molecule has 0 aromatic heterocycles. The van der Waals surface area contributed by atoms with Gasteiger partial charge in [0.25, 0.3) is 0 Å². The van der Waals surface area contributed by atoms with Crippen molar-refractivity contribution >= 4 is 15.6 Å². The quantitative estimate of drug-likeness (QED) is 0.857. The fourth-order valence-corrected chi connectivity index (χ4v) is 3.36. The highest BCUT2D eigenvalue weighted by atomic mass is 32.2. The van der Waals surface area contributed by atoms with Crippen LogP contribution in [0.15, 0.2) is 47.4 Å². The van der Waals surface area contributed by atoms with Crippen LogP contribution >= 0.6 is 0 Å². The molecule has 0 N–H and O–H groups in total. The number of carbonyl (C=O) groups is 1. The predicted octanol–water partition coefficient (Wildman–Crippen LogP) is 2.95. The summed E-state index contributed by atoms with van der Waals surface area (Å²) in [6.07, 6.45) is 1.40. The zero-order valence-corrected chi connectivity index (χ0v) is 12.2. The molecule has 2 aromatic carbocycles. The van der Waals surface area contributed by atoms with E-state index in [9.17, 15) is 17.6 Å². The van der Waals surface area contributed by atoms with Gasteiger partial charge in [-0.2, -0.15) is 0 Å². The Morgan fingerprint density at radius 1 is 1.10 bits per heavy atom. The normalized spacial score (nSPS) is 17.8. The third kappa shape index (κ3) is 2.49. The van der Waals surface area contributed by atoms with Crippen molar-refractivity contribution in [3.05, 3.63) is 65.0 Å². The molecular formula is C16H13FO3S. The van der Waals surface area contributed by atoms with E-state index in [0.29, 0.717) is 5.56 Å². The molecule has 0 saturated heterocycles. The summed E-state index contributed by atoms with van der Waals surface area (Å²) < 4.78 is 36.1. The number of sulfone groups is 1. The fourth-order valence-electron chi connectivity index (χ4n) is 2.71. The van der Waals surface area contributed by atoms with Gasteiger partial charge in [0.05, 0.1) is 4.90 Å². The van der Waals surface area contributed by atoms with E-state index in [0.717, 1.165) is 17.4 Å². The zero-order valence-electron chi connectivity index (χ0n) is 11.3. The number of hydrogen-bond donors (Lipinski definition) is 0. The van der Waals surface area contributed by atoms with E-state index in [2.05, 4.69) is 0 Å². The standard InChI is InChI=1S/C16H13FO3S/c1-21(19,20)12-6-7-13-14(9-16(18)15(13)8-12)10-2-4-11(17)5-3-10/h2-8,14H,9H2,1H3/t14-/m1/s1. The van der Waals surface area contributed by atoms with Crippen molar-refractivity contribution in [2.24, 2.45) is 0 Å². The van der Waals surface area contributed by atoms with E-state index in [1.165, 1.54) is 24.3 Å². The molecule has 1 aliphatic rings. The average Bonchev–Trinajstić information content (AvgIpc) is 2.76. The number of benzene rings is 2. The number of carbonyl (C=O) groups excluding carboxylic acids is 1. The summed E-state index contributed by atoms with van der Waals surface area (Å²) in [4.78, 5) is 12.3. The van der Waals surface area contributed by atoms with Crippen LogP contribution in [-0.2, 0) is 9.84 Å². The van der Waals surface area contributed by atoms with Gasteiger partial charge in [0, 0.05) is 24.2 Å². The molecular weight excluding hydrogens is 291 g/mol. The molecule has 3 nitrogen and oxygen atoms in total. The fraction of sp³-hybridized carbons (Fsp3) is 0.188. The zero-order chi connectivity index (χ0) is 15.2. The third-order valence-corrected chi connectivity index (χ3v) is 4.90. The lowest BCUT2D eigenvalue weighted by Crippen LogP contribution is -2.00. The van der Waals surface area contributed by atoms with Crippen LogP contribution in [0.1, 0.15) is 33.8 Å². The van der Waals surface area contributed by atoms with Crippen molar-refractivity contribution in [3.8, 4) is 0 Å². The Morgan fingerprint density at radius 3 is 2.38 bits per heavy atom. The van der Waals surface area contributed by atoms with Crippen molar-refractivity contribution in [3.63, 3.8) is 0 Å². The smallest absolute Gasteiger partial charge is 0.175 e. The second-order valence-electron chi connectivity index (χ2n) is 5.25. The molecule has 0 aliphatic heterocycles. The Hall–Kier alpha value is -2.01. The molecule has 1 aliphatic carbocycles. The lowest BCUT2D eigenvalue weighted by molar-refractivity contribution is 0.0991. The van der Waals surface area contributed by atoms with Crippen molar-refractivity contribution in [2.45, 2.75) is 17.2 Å². The van der Waals surface area contributed by atoms with Gasteiger partial charge in [0.2, 0.25) is 0 Å². The summed E-state index contributed by atoms with van der Waals surface area (Å²) in [6.45, 7) is 0. The van der Waals surface area contributed by atoms with Crippen LogP contribution in [0.3, 0.4) is 0 Å². The molecule has 0 fully saturated rings. The Bertz CT molecular complexity index is 823. The molecule has 3 rings (SSSR count). The number of ketones is 1. The molecule has 0 radical (unpaired) electrons. The summed E-state index contributed by atoms with van der Waals surface area (Å²) >= 11 is 0. The number of Topliss-reactive ketones (excluding diaryl/α,β-unsaturated/α-hetero) is 1. The van der Waals surface area contributed by atoms with E-state index < -0.39 is 9.84 Å². The number of hydrogen-bond acceptors (Lipinski definition) is 3. The minimum atomic E-state index is -3.34. The third-order valence-electron chi connectivity index (χ3n) is 3.79. The van der Waals surface area contributed by atoms with Crippen LogP contribution in [-0.4, -0.2) is 20.5 Å². The van der Waals surface area contributed by atoms with Gasteiger partial charge in [-0.25, -0.2) is 12.8 Å². The number of halogens is 1. The Balaban J connectivity index is 2.09. The van der Waals surface area contributed by atoms with E-state index >= 15 is 0 Å². The van der Waals surface area contributed by atoms with Gasteiger partial charge in [0.1, 0.15) is 5.82 Å². The molecule has 0 bridgehead atoms. The van der Waals surface area contributed by atoms with Gasteiger partial charge in [-0.05, 0) is 35.4 Å². The van der Waals surface area contributed by atoms with E-state index in [1.54, 1.807) is 18.2 Å². The van der Waals surface area contributed by atoms with Crippen molar-refractivity contribution < 1.29 is 17.6 Å². The minimum absolute atomic E-state index is 0.0789. The van der Waals surface area contributed by atoms with E-state index in [1.807, 2.05) is 0 Å². The van der Waals surface area contributed by atoms with Gasteiger partial charge in [0.15, 0.2) is 15.6 Å². The average molecular weight is 304 g/mol. The van der Waals surface area contributed by atoms with Crippen LogP contribution in [0.25, 0.3) is 0 Å². The topological polar surface area (TPSA) is 51.2 Å². The molecule has 0 spiro atoms. The van der Waals surface area contributed by atoms with Crippen molar-refractivity contribution in [1.29, 1.82) is 0 Å². The van der Waals surface area contributed by atoms with Crippen molar-refractivity contribution in [2.75, 3.05) is 6.26 Å².